The second kappa shape index (κ2) is 11.3. The van der Waals surface area contributed by atoms with Gasteiger partial charge in [-0.15, -0.1) is 0 Å². The van der Waals surface area contributed by atoms with Gasteiger partial charge in [0.05, 0.1) is 29.1 Å². The van der Waals surface area contributed by atoms with E-state index in [0.29, 0.717) is 57.8 Å². The summed E-state index contributed by atoms with van der Waals surface area (Å²) in [6.07, 6.45) is 1.12. The smallest absolute Gasteiger partial charge is 0.339 e. The highest BCUT2D eigenvalue weighted by Crippen LogP contribution is 2.44. The Hall–Kier alpha value is -3.57. The zero-order valence-corrected chi connectivity index (χ0v) is 23.9. The Kier molecular flexibility index (Phi) is 7.65. The molecule has 42 heavy (non-hydrogen) atoms. The van der Waals surface area contributed by atoms with E-state index in [9.17, 15) is 27.6 Å². The topological polar surface area (TPSA) is 82.0 Å². The lowest BCUT2D eigenvalue weighted by Crippen LogP contribution is -2.54. The van der Waals surface area contributed by atoms with Gasteiger partial charge >= 0.3 is 12.2 Å². The third-order valence-corrected chi connectivity index (χ3v) is 9.29. The van der Waals surface area contributed by atoms with Crippen LogP contribution in [-0.2, 0) is 11.0 Å². The number of carbonyl (C=O) groups is 3. The molecule has 1 saturated carbocycles. The summed E-state index contributed by atoms with van der Waals surface area (Å²) in [5, 5.41) is 4.67. The molecular formula is C30H37F3N6O3. The van der Waals surface area contributed by atoms with Crippen LogP contribution in [0.4, 0.5) is 18.0 Å². The second-order valence-corrected chi connectivity index (χ2v) is 12.0. The number of piperidine rings is 1. The van der Waals surface area contributed by atoms with E-state index < -0.39 is 11.7 Å². The molecular weight excluding hydrogens is 549 g/mol. The van der Waals surface area contributed by atoms with Crippen molar-refractivity contribution in [2.24, 2.45) is 0 Å². The number of likely N-dealkylation sites (tertiary alicyclic amines) is 2. The van der Waals surface area contributed by atoms with Gasteiger partial charge < -0.3 is 19.6 Å². The summed E-state index contributed by atoms with van der Waals surface area (Å²) < 4.78 is 42.9. The molecule has 6 rings (SSSR count). The molecule has 0 bridgehead atoms. The fourth-order valence-electron chi connectivity index (χ4n) is 6.79. The quantitative estimate of drug-likeness (QED) is 0.534. The van der Waals surface area contributed by atoms with E-state index in [1.54, 1.807) is 29.0 Å². The standard InChI is InChI=1S/C30H37F3N6O3/c1-20(40)35-14-16-37(17-15-35)29(42)36-12-9-23(10-13-36)39-27(21-6-7-21)25(18-34-39)28(41)38-11-8-22(19-38)24-4-2-3-5-26(24)30(31,32)33/h2-5,18,21-23H,6-17,19H2,1H3/t22-/m1/s1. The van der Waals surface area contributed by atoms with Gasteiger partial charge in [-0.3, -0.25) is 14.3 Å². The van der Waals surface area contributed by atoms with E-state index >= 15 is 0 Å². The Balaban J connectivity index is 1.11. The van der Waals surface area contributed by atoms with Crippen LogP contribution in [0.2, 0.25) is 0 Å². The molecule has 0 spiro atoms. The normalized spacial score (nSPS) is 22.1. The Morgan fingerprint density at radius 3 is 2.05 bits per heavy atom. The number of amides is 4. The molecule has 4 amide bonds. The molecule has 2 aromatic rings. The van der Waals surface area contributed by atoms with Crippen LogP contribution in [0.25, 0.3) is 0 Å². The van der Waals surface area contributed by atoms with Crippen molar-refractivity contribution in [1.29, 1.82) is 0 Å². The molecule has 4 fully saturated rings. The van der Waals surface area contributed by atoms with Crippen LogP contribution >= 0.6 is 0 Å². The Morgan fingerprint density at radius 2 is 1.40 bits per heavy atom. The zero-order chi connectivity index (χ0) is 29.6. The van der Waals surface area contributed by atoms with Crippen LogP contribution in [0, 0.1) is 0 Å². The second-order valence-electron chi connectivity index (χ2n) is 12.0. The van der Waals surface area contributed by atoms with Crippen molar-refractivity contribution < 1.29 is 27.6 Å². The first-order valence-electron chi connectivity index (χ1n) is 14.9. The van der Waals surface area contributed by atoms with Gasteiger partial charge in [-0.25, -0.2) is 4.79 Å². The van der Waals surface area contributed by atoms with Crippen molar-refractivity contribution >= 4 is 17.8 Å². The number of urea groups is 1. The SMILES string of the molecule is CC(=O)N1CCN(C(=O)N2CCC(n3ncc(C(=O)N4CC[C@@H](c5ccccc5C(F)(F)F)C4)c3C3CC3)CC2)CC1. The fraction of sp³-hybridized carbons (Fsp3) is 0.600. The molecule has 1 aliphatic carbocycles. The van der Waals surface area contributed by atoms with Crippen LogP contribution in [0.3, 0.4) is 0 Å². The third-order valence-electron chi connectivity index (χ3n) is 9.29. The van der Waals surface area contributed by atoms with Crippen molar-refractivity contribution in [3.63, 3.8) is 0 Å². The number of nitrogens with zero attached hydrogens (tertiary/aromatic N) is 6. The van der Waals surface area contributed by atoms with Gasteiger partial charge in [-0.1, -0.05) is 18.2 Å². The summed E-state index contributed by atoms with van der Waals surface area (Å²) in [6.45, 7) is 5.58. The summed E-state index contributed by atoms with van der Waals surface area (Å²) in [5.74, 6) is -0.234. The molecule has 4 aliphatic rings. The fourth-order valence-corrected chi connectivity index (χ4v) is 6.79. The molecule has 0 N–H and O–H groups in total. The number of benzene rings is 1. The summed E-state index contributed by atoms with van der Waals surface area (Å²) in [4.78, 5) is 45.6. The maximum Gasteiger partial charge on any atom is 0.416 e. The lowest BCUT2D eigenvalue weighted by atomic mass is 9.93. The van der Waals surface area contributed by atoms with Crippen molar-refractivity contribution in [2.75, 3.05) is 52.4 Å². The molecule has 1 atom stereocenters. The van der Waals surface area contributed by atoms with E-state index in [1.807, 2.05) is 14.5 Å². The highest BCUT2D eigenvalue weighted by molar-refractivity contribution is 5.95. The molecule has 12 heteroatoms. The Bertz CT molecular complexity index is 1340. The van der Waals surface area contributed by atoms with Gasteiger partial charge in [0.2, 0.25) is 5.91 Å². The average molecular weight is 587 g/mol. The minimum absolute atomic E-state index is 0.00563. The zero-order valence-electron chi connectivity index (χ0n) is 23.9. The number of hydrogen-bond donors (Lipinski definition) is 0. The van der Waals surface area contributed by atoms with Crippen molar-refractivity contribution in [3.05, 3.63) is 52.8 Å². The molecule has 1 aromatic heterocycles. The van der Waals surface area contributed by atoms with Crippen LogP contribution in [0.15, 0.2) is 30.5 Å². The van der Waals surface area contributed by atoms with Gasteiger partial charge in [0.25, 0.3) is 5.91 Å². The first-order valence-corrected chi connectivity index (χ1v) is 14.9. The molecule has 4 heterocycles. The van der Waals surface area contributed by atoms with Crippen molar-refractivity contribution in [1.82, 2.24) is 29.4 Å². The van der Waals surface area contributed by atoms with E-state index in [4.69, 9.17) is 0 Å². The van der Waals surface area contributed by atoms with Gasteiger partial charge in [0.1, 0.15) is 0 Å². The molecule has 0 radical (unpaired) electrons. The van der Waals surface area contributed by atoms with Crippen LogP contribution in [0.1, 0.15) is 84.1 Å². The Morgan fingerprint density at radius 1 is 0.786 bits per heavy atom. The van der Waals surface area contributed by atoms with E-state index in [-0.39, 0.29) is 47.8 Å². The van der Waals surface area contributed by atoms with Crippen LogP contribution in [0.5, 0.6) is 0 Å². The third kappa shape index (κ3) is 5.59. The summed E-state index contributed by atoms with van der Waals surface area (Å²) in [7, 11) is 0. The minimum atomic E-state index is -4.43. The average Bonchev–Trinajstić information content (AvgIpc) is 3.53. The number of carbonyl (C=O) groups excluding carboxylic acids is 3. The predicted octanol–water partition coefficient (Wildman–Crippen LogP) is 4.33. The summed E-state index contributed by atoms with van der Waals surface area (Å²) in [5.41, 5.74) is 1.12. The highest BCUT2D eigenvalue weighted by Gasteiger charge is 2.40. The molecule has 3 saturated heterocycles. The molecule has 0 unspecified atom stereocenters. The number of piperazine rings is 1. The number of halogens is 3. The Labute approximate surface area is 243 Å². The number of rotatable bonds is 4. The molecule has 1 aromatic carbocycles. The molecule has 9 nitrogen and oxygen atoms in total. The van der Waals surface area contributed by atoms with E-state index in [1.165, 1.54) is 12.1 Å². The predicted molar refractivity (Wildman–Crippen MR) is 148 cm³/mol. The first-order chi connectivity index (χ1) is 20.1. The maximum absolute atomic E-state index is 13.7. The van der Waals surface area contributed by atoms with Crippen molar-refractivity contribution in [3.8, 4) is 0 Å². The van der Waals surface area contributed by atoms with Crippen LogP contribution in [-0.4, -0.2) is 99.6 Å². The lowest BCUT2D eigenvalue weighted by Gasteiger charge is -2.39. The number of aromatic nitrogens is 2. The molecule has 226 valence electrons. The summed E-state index contributed by atoms with van der Waals surface area (Å²) in [6, 6.07) is 5.74. The van der Waals surface area contributed by atoms with Gasteiger partial charge in [-0.2, -0.15) is 18.3 Å². The van der Waals surface area contributed by atoms with Crippen LogP contribution < -0.4 is 0 Å². The maximum atomic E-state index is 13.7. The van der Waals surface area contributed by atoms with E-state index in [0.717, 1.165) is 37.4 Å². The first kappa shape index (κ1) is 28.5. The van der Waals surface area contributed by atoms with Gasteiger partial charge in [0.15, 0.2) is 0 Å². The number of hydrogen-bond acceptors (Lipinski definition) is 4. The number of alkyl halides is 3. The van der Waals surface area contributed by atoms with Crippen molar-refractivity contribution in [2.45, 2.75) is 63.1 Å². The summed E-state index contributed by atoms with van der Waals surface area (Å²) >= 11 is 0. The monoisotopic (exact) mass is 586 g/mol. The van der Waals surface area contributed by atoms with Gasteiger partial charge in [0, 0.05) is 71.1 Å². The van der Waals surface area contributed by atoms with E-state index in [2.05, 4.69) is 5.10 Å². The van der Waals surface area contributed by atoms with Gasteiger partial charge in [-0.05, 0) is 43.7 Å². The largest absolute Gasteiger partial charge is 0.416 e. The lowest BCUT2D eigenvalue weighted by molar-refractivity contribution is -0.138. The minimum Gasteiger partial charge on any atom is -0.339 e. The highest BCUT2D eigenvalue weighted by atomic mass is 19.4. The molecule has 3 aliphatic heterocycles.